The lowest BCUT2D eigenvalue weighted by atomic mass is 10.3. The summed E-state index contributed by atoms with van der Waals surface area (Å²) in [5.74, 6) is 1.51. The Morgan fingerprint density at radius 2 is 2.40 bits per heavy atom. The van der Waals surface area contributed by atoms with Gasteiger partial charge in [0, 0.05) is 11.8 Å². The van der Waals surface area contributed by atoms with Gasteiger partial charge in [0.25, 0.3) is 0 Å². The highest BCUT2D eigenvalue weighted by Crippen LogP contribution is 2.08. The number of aryl methyl sites for hydroxylation is 1. The fraction of sp³-hybridized carbons (Fsp3) is 0.333. The van der Waals surface area contributed by atoms with E-state index in [9.17, 15) is 0 Å². The number of nitrogens with two attached hydrogens (primary N) is 1. The second kappa shape index (κ2) is 2.84. The number of nitrogen functional groups attached to an aromatic ring is 1. The van der Waals surface area contributed by atoms with Gasteiger partial charge in [-0.2, -0.15) is 0 Å². The van der Waals surface area contributed by atoms with Crippen molar-refractivity contribution in [1.82, 2.24) is 9.97 Å². The molecule has 0 fully saturated rings. The summed E-state index contributed by atoms with van der Waals surface area (Å²) in [5, 5.41) is 0. The first-order valence-electron chi connectivity index (χ1n) is 2.88. The second-order valence-corrected chi connectivity index (χ2v) is 2.23. The van der Waals surface area contributed by atoms with Crippen molar-refractivity contribution in [3.63, 3.8) is 0 Å². The lowest BCUT2D eigenvalue weighted by molar-refractivity contribution is 1.03. The van der Waals surface area contributed by atoms with Gasteiger partial charge >= 0.3 is 0 Å². The number of nitrogens with zero attached hydrogens (tertiary/aromatic N) is 2. The Kier molecular flexibility index (Phi) is 2.06. The number of rotatable bonds is 1. The van der Waals surface area contributed by atoms with Crippen LogP contribution in [-0.2, 0) is 5.88 Å². The van der Waals surface area contributed by atoms with Crippen LogP contribution >= 0.6 is 11.6 Å². The van der Waals surface area contributed by atoms with Gasteiger partial charge in [0.1, 0.15) is 11.6 Å². The van der Waals surface area contributed by atoms with Gasteiger partial charge in [-0.1, -0.05) is 0 Å². The first-order valence-corrected chi connectivity index (χ1v) is 3.41. The number of aromatic nitrogens is 2. The van der Waals surface area contributed by atoms with Crippen LogP contribution in [0.25, 0.3) is 0 Å². The topological polar surface area (TPSA) is 51.8 Å². The van der Waals surface area contributed by atoms with E-state index in [4.69, 9.17) is 17.3 Å². The van der Waals surface area contributed by atoms with E-state index < -0.39 is 0 Å². The smallest absolute Gasteiger partial charge is 0.131 e. The van der Waals surface area contributed by atoms with Crippen LogP contribution < -0.4 is 5.73 Å². The van der Waals surface area contributed by atoms with Gasteiger partial charge in [0.05, 0.1) is 5.88 Å². The van der Waals surface area contributed by atoms with Crippen molar-refractivity contribution in [1.29, 1.82) is 0 Å². The molecule has 0 amide bonds. The average Bonchev–Trinajstić information content (AvgIpc) is 1.88. The monoisotopic (exact) mass is 157 g/mol. The molecular weight excluding hydrogens is 150 g/mol. The van der Waals surface area contributed by atoms with Crippen LogP contribution in [0.3, 0.4) is 0 Å². The number of hydrogen-bond donors (Lipinski definition) is 1. The zero-order valence-corrected chi connectivity index (χ0v) is 6.39. The van der Waals surface area contributed by atoms with Gasteiger partial charge in [0.15, 0.2) is 0 Å². The minimum absolute atomic E-state index is 0.367. The van der Waals surface area contributed by atoms with Crippen LogP contribution in [0.1, 0.15) is 11.4 Å². The molecule has 1 aromatic rings. The number of halogens is 1. The van der Waals surface area contributed by atoms with Gasteiger partial charge in [-0.25, -0.2) is 9.97 Å². The van der Waals surface area contributed by atoms with Crippen LogP contribution in [0.2, 0.25) is 0 Å². The molecule has 0 aliphatic carbocycles. The largest absolute Gasteiger partial charge is 0.383 e. The summed E-state index contributed by atoms with van der Waals surface area (Å²) in [6.45, 7) is 1.79. The first kappa shape index (κ1) is 7.28. The minimum Gasteiger partial charge on any atom is -0.383 e. The second-order valence-electron chi connectivity index (χ2n) is 1.96. The molecule has 0 aliphatic rings. The average molecular weight is 158 g/mol. The number of anilines is 1. The summed E-state index contributed by atoms with van der Waals surface area (Å²) in [4.78, 5) is 7.86. The van der Waals surface area contributed by atoms with Crippen molar-refractivity contribution in [2.45, 2.75) is 12.8 Å². The number of alkyl halides is 1. The highest BCUT2D eigenvalue weighted by atomic mass is 35.5. The molecule has 0 spiro atoms. The Labute approximate surface area is 64.2 Å². The van der Waals surface area contributed by atoms with Gasteiger partial charge < -0.3 is 5.73 Å². The highest BCUT2D eigenvalue weighted by molar-refractivity contribution is 6.17. The van der Waals surface area contributed by atoms with E-state index in [-0.39, 0.29) is 0 Å². The minimum atomic E-state index is 0.367. The third-order valence-electron chi connectivity index (χ3n) is 1.16. The van der Waals surface area contributed by atoms with Crippen LogP contribution in [0.5, 0.6) is 0 Å². The van der Waals surface area contributed by atoms with Gasteiger partial charge in [-0.05, 0) is 6.92 Å². The first-order chi connectivity index (χ1) is 4.74. The zero-order valence-electron chi connectivity index (χ0n) is 5.63. The fourth-order valence-electron chi connectivity index (χ4n) is 0.615. The van der Waals surface area contributed by atoms with Crippen LogP contribution in [0.4, 0.5) is 5.82 Å². The van der Waals surface area contributed by atoms with E-state index in [0.29, 0.717) is 17.5 Å². The van der Waals surface area contributed by atoms with Gasteiger partial charge in [0.2, 0.25) is 0 Å². The molecule has 54 valence electrons. The molecule has 0 aliphatic heterocycles. The maximum atomic E-state index is 5.52. The predicted molar refractivity (Wildman–Crippen MR) is 40.7 cm³/mol. The SMILES string of the molecule is Cc1ncc(CCl)c(N)n1. The molecular formula is C6H8ClN3. The normalized spacial score (nSPS) is 9.80. The summed E-state index contributed by atoms with van der Waals surface area (Å²) >= 11 is 5.52. The molecule has 0 atom stereocenters. The molecule has 0 radical (unpaired) electrons. The summed E-state index contributed by atoms with van der Waals surface area (Å²) in [7, 11) is 0. The zero-order chi connectivity index (χ0) is 7.56. The summed E-state index contributed by atoms with van der Waals surface area (Å²) in [6, 6.07) is 0. The van der Waals surface area contributed by atoms with Crippen molar-refractivity contribution >= 4 is 17.4 Å². The maximum absolute atomic E-state index is 5.52. The summed E-state index contributed by atoms with van der Waals surface area (Å²) in [5.41, 5.74) is 6.28. The third kappa shape index (κ3) is 1.36. The van der Waals surface area contributed by atoms with Crippen molar-refractivity contribution in [3.05, 3.63) is 17.6 Å². The molecule has 1 heterocycles. The van der Waals surface area contributed by atoms with Crippen molar-refractivity contribution in [3.8, 4) is 0 Å². The maximum Gasteiger partial charge on any atom is 0.131 e. The molecule has 0 aromatic carbocycles. The molecule has 4 heteroatoms. The predicted octanol–water partition coefficient (Wildman–Crippen LogP) is 1.11. The van der Waals surface area contributed by atoms with E-state index in [1.54, 1.807) is 13.1 Å². The molecule has 1 aromatic heterocycles. The van der Waals surface area contributed by atoms with Crippen LogP contribution in [0.15, 0.2) is 6.20 Å². The Morgan fingerprint density at radius 3 is 2.90 bits per heavy atom. The standard InChI is InChI=1S/C6H8ClN3/c1-4-9-3-5(2-7)6(8)10-4/h3H,2H2,1H3,(H2,8,9,10). The van der Waals surface area contributed by atoms with E-state index >= 15 is 0 Å². The number of hydrogen-bond acceptors (Lipinski definition) is 3. The van der Waals surface area contributed by atoms with Crippen molar-refractivity contribution < 1.29 is 0 Å². The molecule has 2 N–H and O–H groups in total. The van der Waals surface area contributed by atoms with Gasteiger partial charge in [-0.15, -0.1) is 11.6 Å². The summed E-state index contributed by atoms with van der Waals surface area (Å²) in [6.07, 6.45) is 1.64. The highest BCUT2D eigenvalue weighted by Gasteiger charge is 1.98. The Morgan fingerprint density at radius 1 is 1.70 bits per heavy atom. The van der Waals surface area contributed by atoms with E-state index in [1.165, 1.54) is 0 Å². The molecule has 1 rings (SSSR count). The van der Waals surface area contributed by atoms with Crippen LogP contribution in [0, 0.1) is 6.92 Å². The molecule has 0 bridgehead atoms. The van der Waals surface area contributed by atoms with Crippen molar-refractivity contribution in [2.75, 3.05) is 5.73 Å². The van der Waals surface area contributed by atoms with Crippen LogP contribution in [-0.4, -0.2) is 9.97 Å². The summed E-state index contributed by atoms with van der Waals surface area (Å²) < 4.78 is 0. The lowest BCUT2D eigenvalue weighted by Gasteiger charge is -1.98. The fourth-order valence-corrected chi connectivity index (χ4v) is 0.821. The van der Waals surface area contributed by atoms with E-state index in [1.807, 2.05) is 0 Å². The third-order valence-corrected chi connectivity index (χ3v) is 1.45. The lowest BCUT2D eigenvalue weighted by Crippen LogP contribution is -1.99. The molecule has 0 unspecified atom stereocenters. The Hall–Kier alpha value is -0.830. The van der Waals surface area contributed by atoms with E-state index in [2.05, 4.69) is 9.97 Å². The van der Waals surface area contributed by atoms with E-state index in [0.717, 1.165) is 5.56 Å². The molecule has 10 heavy (non-hydrogen) atoms. The van der Waals surface area contributed by atoms with Gasteiger partial charge in [-0.3, -0.25) is 0 Å². The Balaban J connectivity index is 3.07. The molecule has 3 nitrogen and oxygen atoms in total. The quantitative estimate of drug-likeness (QED) is 0.622. The Bertz CT molecular complexity index is 236. The van der Waals surface area contributed by atoms with Crippen molar-refractivity contribution in [2.24, 2.45) is 0 Å². The molecule has 0 saturated carbocycles. The molecule has 0 saturated heterocycles.